The average molecular weight is 271 g/mol. The molecular weight excluding hydrogens is 250 g/mol. The van der Waals surface area contributed by atoms with Crippen molar-refractivity contribution in [1.82, 2.24) is 0 Å². The highest BCUT2D eigenvalue weighted by Gasteiger charge is 2.32. The zero-order valence-corrected chi connectivity index (χ0v) is 12.1. The third-order valence-electron chi connectivity index (χ3n) is 3.72. The van der Waals surface area contributed by atoms with Crippen molar-refractivity contribution < 1.29 is 9.53 Å². The Morgan fingerprint density at radius 3 is 2.45 bits per heavy atom. The third kappa shape index (κ3) is 3.39. The minimum absolute atomic E-state index is 0.0783. The van der Waals surface area contributed by atoms with Crippen LogP contribution in [0.2, 0.25) is 0 Å². The van der Waals surface area contributed by atoms with Gasteiger partial charge in [-0.2, -0.15) is 5.26 Å². The number of benzene rings is 1. The standard InChI is InChI=1S/C17H21NO2/c1-12(2)11-20-15-8-6-13(7-9-15)16(10-18)17(19)14-4-3-5-14/h6-9,12,14,16H,3-5,11H2,1-2H3. The van der Waals surface area contributed by atoms with Gasteiger partial charge in [-0.25, -0.2) is 0 Å². The Kier molecular flexibility index (Phi) is 4.79. The Bertz CT molecular complexity index is 495. The van der Waals surface area contributed by atoms with Crippen molar-refractivity contribution in [1.29, 1.82) is 5.26 Å². The minimum Gasteiger partial charge on any atom is -0.493 e. The highest BCUT2D eigenvalue weighted by molar-refractivity contribution is 5.90. The van der Waals surface area contributed by atoms with E-state index in [9.17, 15) is 10.1 Å². The summed E-state index contributed by atoms with van der Waals surface area (Å²) in [5.74, 6) is 0.808. The summed E-state index contributed by atoms with van der Waals surface area (Å²) in [7, 11) is 0. The van der Waals surface area contributed by atoms with Gasteiger partial charge in [-0.3, -0.25) is 4.79 Å². The summed E-state index contributed by atoms with van der Waals surface area (Å²) in [4.78, 5) is 12.2. The Morgan fingerprint density at radius 2 is 2.00 bits per heavy atom. The number of Topliss-reactive ketones (excluding diaryl/α,β-unsaturated/α-hetero) is 1. The quantitative estimate of drug-likeness (QED) is 0.792. The van der Waals surface area contributed by atoms with Crippen molar-refractivity contribution in [3.63, 3.8) is 0 Å². The molecule has 2 rings (SSSR count). The van der Waals surface area contributed by atoms with Crippen LogP contribution in [-0.4, -0.2) is 12.4 Å². The van der Waals surface area contributed by atoms with Crippen molar-refractivity contribution in [2.24, 2.45) is 11.8 Å². The topological polar surface area (TPSA) is 50.1 Å². The number of nitrogens with zero attached hydrogens (tertiary/aromatic N) is 1. The lowest BCUT2D eigenvalue weighted by atomic mass is 9.76. The van der Waals surface area contributed by atoms with Gasteiger partial charge in [-0.15, -0.1) is 0 Å². The van der Waals surface area contributed by atoms with Gasteiger partial charge in [0.05, 0.1) is 12.7 Å². The van der Waals surface area contributed by atoms with Gasteiger partial charge >= 0.3 is 0 Å². The summed E-state index contributed by atoms with van der Waals surface area (Å²) in [5.41, 5.74) is 0.779. The molecule has 0 aromatic heterocycles. The number of hydrogen-bond acceptors (Lipinski definition) is 3. The molecule has 3 heteroatoms. The molecule has 0 heterocycles. The predicted molar refractivity (Wildman–Crippen MR) is 77.5 cm³/mol. The maximum absolute atomic E-state index is 12.2. The van der Waals surface area contributed by atoms with E-state index in [2.05, 4.69) is 19.9 Å². The largest absolute Gasteiger partial charge is 0.493 e. The molecule has 0 amide bonds. The van der Waals surface area contributed by atoms with E-state index in [0.717, 1.165) is 30.6 Å². The fourth-order valence-corrected chi connectivity index (χ4v) is 2.25. The van der Waals surface area contributed by atoms with Gasteiger partial charge in [0.2, 0.25) is 0 Å². The van der Waals surface area contributed by atoms with Gasteiger partial charge in [-0.1, -0.05) is 32.4 Å². The molecule has 20 heavy (non-hydrogen) atoms. The van der Waals surface area contributed by atoms with Crippen LogP contribution in [0.15, 0.2) is 24.3 Å². The smallest absolute Gasteiger partial charge is 0.157 e. The van der Waals surface area contributed by atoms with E-state index in [0.29, 0.717) is 12.5 Å². The molecule has 1 atom stereocenters. The number of ether oxygens (including phenoxy) is 1. The summed E-state index contributed by atoms with van der Waals surface area (Å²) in [5, 5.41) is 9.26. The normalized spacial score (nSPS) is 16.3. The van der Waals surface area contributed by atoms with Crippen molar-refractivity contribution in [2.45, 2.75) is 39.0 Å². The van der Waals surface area contributed by atoms with Gasteiger partial charge in [0, 0.05) is 5.92 Å². The van der Waals surface area contributed by atoms with Gasteiger partial charge in [0.25, 0.3) is 0 Å². The van der Waals surface area contributed by atoms with E-state index < -0.39 is 5.92 Å². The Balaban J connectivity index is 2.03. The summed E-state index contributed by atoms with van der Waals surface area (Å²) >= 11 is 0. The van der Waals surface area contributed by atoms with Crippen molar-refractivity contribution >= 4 is 5.78 Å². The van der Waals surface area contributed by atoms with E-state index in [4.69, 9.17) is 4.74 Å². The molecule has 1 aromatic carbocycles. The molecule has 1 aliphatic carbocycles. The lowest BCUT2D eigenvalue weighted by Crippen LogP contribution is -2.26. The molecule has 0 aliphatic heterocycles. The van der Waals surface area contributed by atoms with Crippen molar-refractivity contribution in [2.75, 3.05) is 6.61 Å². The molecule has 0 N–H and O–H groups in total. The summed E-state index contributed by atoms with van der Waals surface area (Å²) < 4.78 is 5.61. The number of hydrogen-bond donors (Lipinski definition) is 0. The maximum atomic E-state index is 12.2. The second kappa shape index (κ2) is 6.56. The molecule has 1 saturated carbocycles. The van der Waals surface area contributed by atoms with Gasteiger partial charge in [-0.05, 0) is 36.5 Å². The molecule has 0 spiro atoms. The molecular formula is C17H21NO2. The lowest BCUT2D eigenvalue weighted by molar-refractivity contribution is -0.125. The molecule has 0 saturated heterocycles. The lowest BCUT2D eigenvalue weighted by Gasteiger charge is -2.25. The number of carbonyl (C=O) groups is 1. The van der Waals surface area contributed by atoms with Crippen LogP contribution in [0.3, 0.4) is 0 Å². The fraction of sp³-hybridized carbons (Fsp3) is 0.529. The summed E-state index contributed by atoms with van der Waals surface area (Å²) in [6, 6.07) is 9.50. The number of nitriles is 1. The monoisotopic (exact) mass is 271 g/mol. The fourth-order valence-electron chi connectivity index (χ4n) is 2.25. The van der Waals surface area contributed by atoms with Gasteiger partial charge < -0.3 is 4.74 Å². The zero-order valence-electron chi connectivity index (χ0n) is 12.1. The van der Waals surface area contributed by atoms with E-state index in [1.165, 1.54) is 0 Å². The average Bonchev–Trinajstić information content (AvgIpc) is 2.36. The Morgan fingerprint density at radius 1 is 1.35 bits per heavy atom. The minimum atomic E-state index is -0.626. The van der Waals surface area contributed by atoms with Crippen LogP contribution < -0.4 is 4.74 Å². The molecule has 1 aliphatic rings. The first-order valence-corrected chi connectivity index (χ1v) is 7.28. The van der Waals surface area contributed by atoms with Crippen LogP contribution in [0.5, 0.6) is 5.75 Å². The maximum Gasteiger partial charge on any atom is 0.157 e. The third-order valence-corrected chi connectivity index (χ3v) is 3.72. The van der Waals surface area contributed by atoms with Crippen molar-refractivity contribution in [3.05, 3.63) is 29.8 Å². The summed E-state index contributed by atoms with van der Waals surface area (Å²) in [6.07, 6.45) is 2.98. The molecule has 106 valence electrons. The molecule has 1 fully saturated rings. The van der Waals surface area contributed by atoms with Gasteiger partial charge in [0.15, 0.2) is 5.78 Å². The van der Waals surface area contributed by atoms with Crippen LogP contribution in [-0.2, 0) is 4.79 Å². The Hall–Kier alpha value is -1.82. The van der Waals surface area contributed by atoms with Crippen molar-refractivity contribution in [3.8, 4) is 11.8 Å². The van der Waals surface area contributed by atoms with Crippen LogP contribution in [0.4, 0.5) is 0 Å². The molecule has 1 aromatic rings. The highest BCUT2D eigenvalue weighted by atomic mass is 16.5. The summed E-state index contributed by atoms with van der Waals surface area (Å²) in [6.45, 7) is 4.86. The SMILES string of the molecule is CC(C)COc1ccc(C(C#N)C(=O)C2CCC2)cc1. The van der Waals surface area contributed by atoms with E-state index in [-0.39, 0.29) is 11.7 Å². The van der Waals surface area contributed by atoms with E-state index >= 15 is 0 Å². The van der Waals surface area contributed by atoms with Gasteiger partial charge in [0.1, 0.15) is 11.7 Å². The first-order valence-electron chi connectivity index (χ1n) is 7.28. The number of ketones is 1. The second-order valence-electron chi connectivity index (χ2n) is 5.87. The van der Waals surface area contributed by atoms with E-state index in [1.54, 1.807) is 0 Å². The zero-order chi connectivity index (χ0) is 14.5. The van der Waals surface area contributed by atoms with Crippen LogP contribution in [0.25, 0.3) is 0 Å². The van der Waals surface area contributed by atoms with E-state index in [1.807, 2.05) is 24.3 Å². The van der Waals surface area contributed by atoms with Crippen LogP contribution >= 0.6 is 0 Å². The first kappa shape index (κ1) is 14.6. The first-order chi connectivity index (χ1) is 9.61. The van der Waals surface area contributed by atoms with Crippen LogP contribution in [0, 0.1) is 23.2 Å². The number of carbonyl (C=O) groups excluding carboxylic acids is 1. The molecule has 0 bridgehead atoms. The molecule has 1 unspecified atom stereocenters. The Labute approximate surface area is 120 Å². The highest BCUT2D eigenvalue weighted by Crippen LogP contribution is 2.33. The van der Waals surface area contributed by atoms with Crippen LogP contribution in [0.1, 0.15) is 44.6 Å². The predicted octanol–water partition coefficient (Wildman–Crippen LogP) is 3.70. The molecule has 0 radical (unpaired) electrons. The molecule has 3 nitrogen and oxygen atoms in total. The number of rotatable bonds is 6. The second-order valence-corrected chi connectivity index (χ2v) is 5.87.